The van der Waals surface area contributed by atoms with E-state index in [0.29, 0.717) is 12.4 Å². The number of aromatic hydroxyl groups is 1. The van der Waals surface area contributed by atoms with Crippen LogP contribution in [0, 0.1) is 13.8 Å². The van der Waals surface area contributed by atoms with Crippen molar-refractivity contribution in [3.63, 3.8) is 0 Å². The summed E-state index contributed by atoms with van der Waals surface area (Å²) >= 11 is 0. The van der Waals surface area contributed by atoms with E-state index in [1.54, 1.807) is 0 Å². The highest BCUT2D eigenvalue weighted by Crippen LogP contribution is 2.26. The van der Waals surface area contributed by atoms with Crippen LogP contribution in [-0.2, 0) is 4.74 Å². The van der Waals surface area contributed by atoms with Gasteiger partial charge in [0.2, 0.25) is 0 Å². The van der Waals surface area contributed by atoms with Crippen molar-refractivity contribution in [3.8, 4) is 5.75 Å². The summed E-state index contributed by atoms with van der Waals surface area (Å²) in [7, 11) is 0. The van der Waals surface area contributed by atoms with Gasteiger partial charge in [-0.15, -0.1) is 0 Å². The molecule has 1 unspecified atom stereocenters. The molecule has 2 N–H and O–H groups in total. The van der Waals surface area contributed by atoms with Crippen molar-refractivity contribution in [2.75, 3.05) is 19.8 Å². The van der Waals surface area contributed by atoms with Gasteiger partial charge in [-0.3, -0.25) is 0 Å². The number of nitrogens with one attached hydrogen (secondary N) is 1. The summed E-state index contributed by atoms with van der Waals surface area (Å²) in [5.74, 6) is 0.399. The fourth-order valence-electron chi connectivity index (χ4n) is 1.97. The second kappa shape index (κ2) is 4.21. The molecular formula is C12H17NO2. The van der Waals surface area contributed by atoms with Crippen molar-refractivity contribution in [2.24, 2.45) is 0 Å². The number of ether oxygens (including phenoxy) is 1. The van der Waals surface area contributed by atoms with Gasteiger partial charge in [0.1, 0.15) is 5.75 Å². The Labute approximate surface area is 90.1 Å². The van der Waals surface area contributed by atoms with E-state index < -0.39 is 0 Å². The quantitative estimate of drug-likeness (QED) is 0.736. The van der Waals surface area contributed by atoms with Crippen LogP contribution in [0.2, 0.25) is 0 Å². The predicted molar refractivity (Wildman–Crippen MR) is 59.1 cm³/mol. The van der Waals surface area contributed by atoms with Gasteiger partial charge < -0.3 is 15.2 Å². The molecule has 0 spiro atoms. The second-order valence-electron chi connectivity index (χ2n) is 4.08. The van der Waals surface area contributed by atoms with Crippen LogP contribution >= 0.6 is 0 Å². The molecule has 2 rings (SSSR count). The molecule has 0 aromatic heterocycles. The van der Waals surface area contributed by atoms with Crippen LogP contribution in [0.25, 0.3) is 0 Å². The Hall–Kier alpha value is -1.06. The molecule has 1 aliphatic rings. The Bertz CT molecular complexity index is 334. The molecule has 82 valence electrons. The van der Waals surface area contributed by atoms with Crippen LogP contribution in [0.5, 0.6) is 5.75 Å². The van der Waals surface area contributed by atoms with E-state index >= 15 is 0 Å². The number of morpholine rings is 1. The third-order valence-electron chi connectivity index (χ3n) is 2.84. The van der Waals surface area contributed by atoms with Crippen LogP contribution in [0.4, 0.5) is 0 Å². The Balaban J connectivity index is 2.27. The minimum atomic E-state index is 0.261. The number of rotatable bonds is 1. The highest BCUT2D eigenvalue weighted by molar-refractivity contribution is 5.43. The normalized spacial score (nSPS) is 21.6. The van der Waals surface area contributed by atoms with Crippen LogP contribution in [-0.4, -0.2) is 24.9 Å². The first-order valence-corrected chi connectivity index (χ1v) is 5.29. The highest BCUT2D eigenvalue weighted by Gasteiger charge is 2.16. The SMILES string of the molecule is Cc1cc(C2COCCN2)cc(C)c1O. The maximum absolute atomic E-state index is 9.68. The zero-order chi connectivity index (χ0) is 10.8. The number of aryl methyl sites for hydroxylation is 2. The van der Waals surface area contributed by atoms with Crippen molar-refractivity contribution in [3.05, 3.63) is 28.8 Å². The number of benzene rings is 1. The molecule has 0 amide bonds. The van der Waals surface area contributed by atoms with E-state index in [4.69, 9.17) is 4.74 Å². The lowest BCUT2D eigenvalue weighted by Gasteiger charge is -2.25. The lowest BCUT2D eigenvalue weighted by molar-refractivity contribution is 0.0768. The third kappa shape index (κ3) is 2.13. The van der Waals surface area contributed by atoms with Gasteiger partial charge in [0, 0.05) is 6.54 Å². The molecule has 1 saturated heterocycles. The van der Waals surface area contributed by atoms with Crippen LogP contribution in [0.3, 0.4) is 0 Å². The van der Waals surface area contributed by atoms with Crippen LogP contribution in [0.1, 0.15) is 22.7 Å². The molecule has 0 saturated carbocycles. The molecule has 1 aliphatic heterocycles. The van der Waals surface area contributed by atoms with Gasteiger partial charge in [0.15, 0.2) is 0 Å². The highest BCUT2D eigenvalue weighted by atomic mass is 16.5. The van der Waals surface area contributed by atoms with Crippen molar-refractivity contribution in [1.82, 2.24) is 5.32 Å². The van der Waals surface area contributed by atoms with Crippen LogP contribution < -0.4 is 5.32 Å². The average molecular weight is 207 g/mol. The molecular weight excluding hydrogens is 190 g/mol. The number of hydrogen-bond acceptors (Lipinski definition) is 3. The fraction of sp³-hybridized carbons (Fsp3) is 0.500. The minimum absolute atomic E-state index is 0.261. The molecule has 1 aromatic carbocycles. The van der Waals surface area contributed by atoms with Crippen molar-refractivity contribution >= 4 is 0 Å². The molecule has 1 heterocycles. The Morgan fingerprint density at radius 2 is 2.00 bits per heavy atom. The van der Waals surface area contributed by atoms with E-state index in [9.17, 15) is 5.11 Å². The van der Waals surface area contributed by atoms with E-state index in [0.717, 1.165) is 24.3 Å². The topological polar surface area (TPSA) is 41.5 Å². The molecule has 0 bridgehead atoms. The van der Waals surface area contributed by atoms with Gasteiger partial charge in [-0.05, 0) is 30.5 Å². The van der Waals surface area contributed by atoms with Crippen molar-refractivity contribution in [2.45, 2.75) is 19.9 Å². The zero-order valence-electron chi connectivity index (χ0n) is 9.21. The lowest BCUT2D eigenvalue weighted by atomic mass is 10.00. The maximum Gasteiger partial charge on any atom is 0.121 e. The first-order chi connectivity index (χ1) is 7.18. The maximum atomic E-state index is 9.68. The first kappa shape index (κ1) is 10.5. The van der Waals surface area contributed by atoms with E-state index in [1.165, 1.54) is 5.56 Å². The van der Waals surface area contributed by atoms with E-state index in [1.807, 2.05) is 26.0 Å². The van der Waals surface area contributed by atoms with Gasteiger partial charge in [-0.2, -0.15) is 0 Å². The molecule has 3 nitrogen and oxygen atoms in total. The second-order valence-corrected chi connectivity index (χ2v) is 4.08. The van der Waals surface area contributed by atoms with Gasteiger partial charge >= 0.3 is 0 Å². The molecule has 1 fully saturated rings. The standard InChI is InChI=1S/C12H17NO2/c1-8-5-10(6-9(2)12(8)14)11-7-15-4-3-13-11/h5-6,11,13-14H,3-4,7H2,1-2H3. The summed E-state index contributed by atoms with van der Waals surface area (Å²) < 4.78 is 5.42. The molecule has 1 aromatic rings. The van der Waals surface area contributed by atoms with E-state index in [2.05, 4.69) is 5.32 Å². The average Bonchev–Trinajstić information content (AvgIpc) is 2.26. The summed E-state index contributed by atoms with van der Waals surface area (Å²) in [6, 6.07) is 4.31. The van der Waals surface area contributed by atoms with E-state index in [-0.39, 0.29) is 6.04 Å². The Morgan fingerprint density at radius 1 is 1.33 bits per heavy atom. The van der Waals surface area contributed by atoms with Gasteiger partial charge in [-0.25, -0.2) is 0 Å². The zero-order valence-corrected chi connectivity index (χ0v) is 9.21. The van der Waals surface area contributed by atoms with Crippen molar-refractivity contribution in [1.29, 1.82) is 0 Å². The molecule has 3 heteroatoms. The molecule has 1 atom stereocenters. The molecule has 0 radical (unpaired) electrons. The minimum Gasteiger partial charge on any atom is -0.507 e. The summed E-state index contributed by atoms with van der Waals surface area (Å²) in [6.07, 6.45) is 0. The molecule has 15 heavy (non-hydrogen) atoms. The Kier molecular flexibility index (Phi) is 2.93. The van der Waals surface area contributed by atoms with Gasteiger partial charge in [0.05, 0.1) is 19.3 Å². The van der Waals surface area contributed by atoms with Crippen molar-refractivity contribution < 1.29 is 9.84 Å². The first-order valence-electron chi connectivity index (χ1n) is 5.29. The summed E-state index contributed by atoms with van der Waals surface area (Å²) in [5, 5.41) is 13.1. The summed E-state index contributed by atoms with van der Waals surface area (Å²) in [6.45, 7) is 6.24. The van der Waals surface area contributed by atoms with Gasteiger partial charge in [-0.1, -0.05) is 12.1 Å². The largest absolute Gasteiger partial charge is 0.507 e. The smallest absolute Gasteiger partial charge is 0.121 e. The summed E-state index contributed by atoms with van der Waals surface area (Å²) in [5.41, 5.74) is 3.05. The molecule has 0 aliphatic carbocycles. The monoisotopic (exact) mass is 207 g/mol. The Morgan fingerprint density at radius 3 is 2.53 bits per heavy atom. The summed E-state index contributed by atoms with van der Waals surface area (Å²) in [4.78, 5) is 0. The fourth-order valence-corrected chi connectivity index (χ4v) is 1.97. The van der Waals surface area contributed by atoms with Gasteiger partial charge in [0.25, 0.3) is 0 Å². The lowest BCUT2D eigenvalue weighted by Crippen LogP contribution is -2.34. The number of phenolic OH excluding ortho intramolecular Hbond substituents is 1. The third-order valence-corrected chi connectivity index (χ3v) is 2.84. The van der Waals surface area contributed by atoms with Crippen LogP contribution in [0.15, 0.2) is 12.1 Å². The number of phenols is 1. The number of hydrogen-bond donors (Lipinski definition) is 2. The predicted octanol–water partition coefficient (Wildman–Crippen LogP) is 1.67.